The molecule has 2 aromatic rings. The lowest BCUT2D eigenvalue weighted by molar-refractivity contribution is -0.118. The fraction of sp³-hybridized carbons (Fsp3) is 0.0625. The lowest BCUT2D eigenvalue weighted by atomic mass is 10.1. The SMILES string of the molecule is O=C(COc1ccc(F)cc1)Nc1cc(C(=O)O)cc(C(=O)O)c1. The van der Waals surface area contributed by atoms with E-state index in [0.29, 0.717) is 0 Å². The lowest BCUT2D eigenvalue weighted by Crippen LogP contribution is -2.20. The number of benzene rings is 2. The zero-order chi connectivity index (χ0) is 17.7. The fourth-order valence-corrected chi connectivity index (χ4v) is 1.82. The summed E-state index contributed by atoms with van der Waals surface area (Å²) < 4.78 is 17.9. The van der Waals surface area contributed by atoms with Crippen molar-refractivity contribution in [2.75, 3.05) is 11.9 Å². The summed E-state index contributed by atoms with van der Waals surface area (Å²) in [5.41, 5.74) is -0.533. The van der Waals surface area contributed by atoms with Gasteiger partial charge in [-0.1, -0.05) is 0 Å². The Balaban J connectivity index is 2.06. The summed E-state index contributed by atoms with van der Waals surface area (Å²) in [7, 11) is 0. The van der Waals surface area contributed by atoms with E-state index in [2.05, 4.69) is 5.32 Å². The minimum absolute atomic E-state index is 0.0139. The summed E-state index contributed by atoms with van der Waals surface area (Å²) in [5, 5.41) is 20.3. The third-order valence-electron chi connectivity index (χ3n) is 2.89. The number of carbonyl (C=O) groups is 3. The minimum atomic E-state index is -1.32. The molecular weight excluding hydrogens is 321 g/mol. The van der Waals surface area contributed by atoms with Crippen LogP contribution < -0.4 is 10.1 Å². The first-order chi connectivity index (χ1) is 11.3. The van der Waals surface area contributed by atoms with Gasteiger partial charge in [0.25, 0.3) is 5.91 Å². The van der Waals surface area contributed by atoms with Crippen molar-refractivity contribution in [3.63, 3.8) is 0 Å². The second-order valence-electron chi connectivity index (χ2n) is 4.70. The van der Waals surface area contributed by atoms with Gasteiger partial charge in [0.1, 0.15) is 11.6 Å². The molecule has 3 N–H and O–H groups in total. The van der Waals surface area contributed by atoms with Gasteiger partial charge in [-0.2, -0.15) is 0 Å². The summed E-state index contributed by atoms with van der Waals surface area (Å²) in [5.74, 6) is -3.44. The maximum Gasteiger partial charge on any atom is 0.335 e. The highest BCUT2D eigenvalue weighted by molar-refractivity contribution is 5.98. The molecule has 0 fully saturated rings. The highest BCUT2D eigenvalue weighted by Gasteiger charge is 2.13. The summed E-state index contributed by atoms with van der Waals surface area (Å²) in [4.78, 5) is 33.8. The quantitative estimate of drug-likeness (QED) is 0.747. The second kappa shape index (κ2) is 7.23. The van der Waals surface area contributed by atoms with Crippen molar-refractivity contribution in [3.05, 3.63) is 59.4 Å². The summed E-state index contributed by atoms with van der Waals surface area (Å²) in [6.45, 7) is -0.411. The van der Waals surface area contributed by atoms with Gasteiger partial charge >= 0.3 is 11.9 Å². The van der Waals surface area contributed by atoms with Crippen LogP contribution in [0.4, 0.5) is 10.1 Å². The number of aromatic carboxylic acids is 2. The molecule has 0 aromatic heterocycles. The summed E-state index contributed by atoms with van der Waals surface area (Å²) in [6, 6.07) is 8.27. The van der Waals surface area contributed by atoms with Crippen LogP contribution in [0.15, 0.2) is 42.5 Å². The first-order valence-electron chi connectivity index (χ1n) is 6.65. The summed E-state index contributed by atoms with van der Waals surface area (Å²) in [6.07, 6.45) is 0. The van der Waals surface area contributed by atoms with Gasteiger partial charge in [0.05, 0.1) is 11.1 Å². The van der Waals surface area contributed by atoms with E-state index >= 15 is 0 Å². The normalized spacial score (nSPS) is 10.0. The number of ether oxygens (including phenoxy) is 1. The summed E-state index contributed by atoms with van der Waals surface area (Å²) >= 11 is 0. The number of rotatable bonds is 6. The number of carbonyl (C=O) groups excluding carboxylic acids is 1. The number of hydrogen-bond acceptors (Lipinski definition) is 4. The number of hydrogen-bond donors (Lipinski definition) is 3. The van der Waals surface area contributed by atoms with Crippen LogP contribution in [-0.4, -0.2) is 34.7 Å². The topological polar surface area (TPSA) is 113 Å². The molecule has 0 unspecified atom stereocenters. The number of anilines is 1. The van der Waals surface area contributed by atoms with Gasteiger partial charge in [-0.15, -0.1) is 0 Å². The van der Waals surface area contributed by atoms with Gasteiger partial charge in [0, 0.05) is 5.69 Å². The first kappa shape index (κ1) is 16.9. The molecule has 2 rings (SSSR count). The molecule has 0 bridgehead atoms. The molecule has 0 radical (unpaired) electrons. The van der Waals surface area contributed by atoms with E-state index < -0.39 is 30.3 Å². The van der Waals surface area contributed by atoms with Crippen molar-refractivity contribution < 1.29 is 33.7 Å². The molecule has 8 heteroatoms. The predicted molar refractivity (Wildman–Crippen MR) is 80.9 cm³/mol. The average molecular weight is 333 g/mol. The number of halogens is 1. The maximum atomic E-state index is 12.7. The Morgan fingerprint density at radius 3 is 2.00 bits per heavy atom. The van der Waals surface area contributed by atoms with Crippen LogP contribution in [0.25, 0.3) is 0 Å². The number of carboxylic acids is 2. The van der Waals surface area contributed by atoms with Gasteiger partial charge in [-0.3, -0.25) is 4.79 Å². The Morgan fingerprint density at radius 2 is 1.50 bits per heavy atom. The van der Waals surface area contributed by atoms with E-state index in [0.717, 1.165) is 18.2 Å². The zero-order valence-corrected chi connectivity index (χ0v) is 12.2. The second-order valence-corrected chi connectivity index (χ2v) is 4.70. The molecule has 0 heterocycles. The number of nitrogens with one attached hydrogen (secondary N) is 1. The molecule has 0 saturated heterocycles. The van der Waals surface area contributed by atoms with Crippen LogP contribution in [0, 0.1) is 5.82 Å². The van der Waals surface area contributed by atoms with Crippen LogP contribution in [0.2, 0.25) is 0 Å². The predicted octanol–water partition coefficient (Wildman–Crippen LogP) is 2.24. The molecule has 0 aliphatic heterocycles. The molecule has 0 saturated carbocycles. The van der Waals surface area contributed by atoms with Crippen LogP contribution in [0.3, 0.4) is 0 Å². The highest BCUT2D eigenvalue weighted by atomic mass is 19.1. The molecule has 0 aliphatic carbocycles. The highest BCUT2D eigenvalue weighted by Crippen LogP contribution is 2.16. The molecular formula is C16H12FNO6. The van der Waals surface area contributed by atoms with Crippen molar-refractivity contribution in [1.29, 1.82) is 0 Å². The molecule has 7 nitrogen and oxygen atoms in total. The Kier molecular flexibility index (Phi) is 5.10. The van der Waals surface area contributed by atoms with E-state index in [-0.39, 0.29) is 22.6 Å². The largest absolute Gasteiger partial charge is 0.484 e. The van der Waals surface area contributed by atoms with Crippen molar-refractivity contribution in [2.45, 2.75) is 0 Å². The Bertz CT molecular complexity index is 755. The van der Waals surface area contributed by atoms with Gasteiger partial charge in [-0.05, 0) is 42.5 Å². The van der Waals surface area contributed by atoms with Crippen molar-refractivity contribution in [1.82, 2.24) is 0 Å². The maximum absolute atomic E-state index is 12.7. The standard InChI is InChI=1S/C16H12FNO6/c17-11-1-3-13(4-2-11)24-8-14(19)18-12-6-9(15(20)21)5-10(7-12)16(22)23/h1-7H,8H2,(H,18,19)(H,20,21)(H,22,23). The van der Waals surface area contributed by atoms with E-state index in [1.807, 2.05) is 0 Å². The third kappa shape index (κ3) is 4.54. The Hall–Kier alpha value is -3.42. The molecule has 2 aromatic carbocycles. The van der Waals surface area contributed by atoms with E-state index in [1.165, 1.54) is 24.3 Å². The number of carboxylic acid groups (broad SMARTS) is 2. The van der Waals surface area contributed by atoms with Gasteiger partial charge in [-0.25, -0.2) is 14.0 Å². The molecule has 24 heavy (non-hydrogen) atoms. The smallest absolute Gasteiger partial charge is 0.335 e. The molecule has 0 aliphatic rings. The zero-order valence-electron chi connectivity index (χ0n) is 12.2. The van der Waals surface area contributed by atoms with Crippen molar-refractivity contribution in [3.8, 4) is 5.75 Å². The van der Waals surface area contributed by atoms with Gasteiger partial charge in [0.15, 0.2) is 6.61 Å². The Morgan fingerprint density at radius 1 is 0.958 bits per heavy atom. The van der Waals surface area contributed by atoms with Crippen LogP contribution >= 0.6 is 0 Å². The molecule has 0 spiro atoms. The van der Waals surface area contributed by atoms with Crippen LogP contribution in [-0.2, 0) is 4.79 Å². The number of amides is 1. The monoisotopic (exact) mass is 333 g/mol. The van der Waals surface area contributed by atoms with Crippen LogP contribution in [0.5, 0.6) is 5.75 Å². The van der Waals surface area contributed by atoms with E-state index in [9.17, 15) is 18.8 Å². The third-order valence-corrected chi connectivity index (χ3v) is 2.89. The lowest BCUT2D eigenvalue weighted by Gasteiger charge is -2.09. The Labute approximate surface area is 135 Å². The molecule has 0 atom stereocenters. The minimum Gasteiger partial charge on any atom is -0.484 e. The molecule has 1 amide bonds. The van der Waals surface area contributed by atoms with E-state index in [4.69, 9.17) is 14.9 Å². The van der Waals surface area contributed by atoms with Crippen LogP contribution in [0.1, 0.15) is 20.7 Å². The molecule has 124 valence electrons. The van der Waals surface area contributed by atoms with Gasteiger partial charge in [0.2, 0.25) is 0 Å². The van der Waals surface area contributed by atoms with Crippen molar-refractivity contribution >= 4 is 23.5 Å². The van der Waals surface area contributed by atoms with Crippen molar-refractivity contribution in [2.24, 2.45) is 0 Å². The first-order valence-corrected chi connectivity index (χ1v) is 6.65. The van der Waals surface area contributed by atoms with Gasteiger partial charge < -0.3 is 20.3 Å². The average Bonchev–Trinajstić information content (AvgIpc) is 2.54. The fourth-order valence-electron chi connectivity index (χ4n) is 1.82. The van der Waals surface area contributed by atoms with E-state index in [1.54, 1.807) is 0 Å².